The van der Waals surface area contributed by atoms with Crippen molar-refractivity contribution in [2.75, 3.05) is 17.6 Å². The molecule has 0 heterocycles. The van der Waals surface area contributed by atoms with Crippen molar-refractivity contribution >= 4 is 17.3 Å². The van der Waals surface area contributed by atoms with Crippen molar-refractivity contribution in [3.8, 4) is 0 Å². The first-order valence-electron chi connectivity index (χ1n) is 7.14. The predicted octanol–water partition coefficient (Wildman–Crippen LogP) is 2.61. The number of nitrogens with two attached hydrogens (primary N) is 1. The normalized spacial score (nSPS) is 16.2. The molecule has 1 atom stereocenters. The van der Waals surface area contributed by atoms with Gasteiger partial charge in [-0.3, -0.25) is 9.69 Å². The molecule has 0 spiro atoms. The van der Waals surface area contributed by atoms with Gasteiger partial charge in [0.1, 0.15) is 5.82 Å². The third kappa shape index (κ3) is 3.48. The van der Waals surface area contributed by atoms with E-state index in [1.807, 2.05) is 6.92 Å². The number of amides is 1. The van der Waals surface area contributed by atoms with E-state index in [1.54, 1.807) is 0 Å². The Bertz CT molecular complexity index is 488. The zero-order valence-corrected chi connectivity index (χ0v) is 12.0. The molecule has 20 heavy (non-hydrogen) atoms. The Morgan fingerprint density at radius 1 is 1.55 bits per heavy atom. The molecule has 1 unspecified atom stereocenters. The average molecular weight is 279 g/mol. The van der Waals surface area contributed by atoms with E-state index < -0.39 is 5.82 Å². The van der Waals surface area contributed by atoms with Gasteiger partial charge >= 0.3 is 0 Å². The highest BCUT2D eigenvalue weighted by molar-refractivity contribution is 5.95. The van der Waals surface area contributed by atoms with Crippen LogP contribution in [-0.2, 0) is 4.79 Å². The van der Waals surface area contributed by atoms with Gasteiger partial charge in [0.25, 0.3) is 0 Å². The molecule has 1 aliphatic carbocycles. The smallest absolute Gasteiger partial charge is 0.241 e. The fourth-order valence-corrected chi connectivity index (χ4v) is 2.38. The van der Waals surface area contributed by atoms with Gasteiger partial charge in [-0.05, 0) is 50.9 Å². The Labute approximate surface area is 119 Å². The quantitative estimate of drug-likeness (QED) is 0.787. The Kier molecular flexibility index (Phi) is 4.60. The molecule has 1 aliphatic rings. The van der Waals surface area contributed by atoms with Crippen LogP contribution in [0.1, 0.15) is 33.1 Å². The largest absolute Gasteiger partial charge is 0.399 e. The topological polar surface area (TPSA) is 58.4 Å². The van der Waals surface area contributed by atoms with Crippen LogP contribution in [0.3, 0.4) is 0 Å². The Morgan fingerprint density at radius 2 is 2.25 bits per heavy atom. The summed E-state index contributed by atoms with van der Waals surface area (Å²) in [6.45, 7) is 4.85. The molecule has 110 valence electrons. The second-order valence-corrected chi connectivity index (χ2v) is 5.37. The van der Waals surface area contributed by atoms with Gasteiger partial charge in [0.15, 0.2) is 0 Å². The minimum atomic E-state index is -0.465. The number of nitrogens with one attached hydrogen (secondary N) is 1. The molecule has 0 aromatic heterocycles. The molecule has 1 amide bonds. The van der Waals surface area contributed by atoms with Gasteiger partial charge in [-0.2, -0.15) is 0 Å². The minimum absolute atomic E-state index is 0.147. The molecule has 1 saturated carbocycles. The Hall–Kier alpha value is -1.62. The molecule has 1 fully saturated rings. The maximum atomic E-state index is 13.6. The number of nitrogen functional groups attached to an aromatic ring is 1. The number of anilines is 2. The van der Waals surface area contributed by atoms with Crippen LogP contribution in [0.2, 0.25) is 0 Å². The van der Waals surface area contributed by atoms with E-state index in [4.69, 9.17) is 5.73 Å². The molecular weight excluding hydrogens is 257 g/mol. The van der Waals surface area contributed by atoms with E-state index in [0.29, 0.717) is 11.7 Å². The molecule has 1 aromatic rings. The maximum Gasteiger partial charge on any atom is 0.241 e. The summed E-state index contributed by atoms with van der Waals surface area (Å²) in [5.74, 6) is -0.650. The summed E-state index contributed by atoms with van der Waals surface area (Å²) in [6.07, 6.45) is 3.29. The second kappa shape index (κ2) is 6.22. The second-order valence-electron chi connectivity index (χ2n) is 5.37. The molecular formula is C15H22FN3O. The summed E-state index contributed by atoms with van der Waals surface area (Å²) < 4.78 is 13.6. The van der Waals surface area contributed by atoms with Crippen LogP contribution in [0, 0.1) is 5.82 Å². The van der Waals surface area contributed by atoms with E-state index in [-0.39, 0.29) is 17.6 Å². The highest BCUT2D eigenvalue weighted by Crippen LogP contribution is 2.29. The zero-order chi connectivity index (χ0) is 14.7. The van der Waals surface area contributed by atoms with Crippen molar-refractivity contribution in [3.05, 3.63) is 24.0 Å². The van der Waals surface area contributed by atoms with Gasteiger partial charge in [-0.25, -0.2) is 4.39 Å². The maximum absolute atomic E-state index is 13.6. The monoisotopic (exact) mass is 279 g/mol. The van der Waals surface area contributed by atoms with Crippen LogP contribution in [0.4, 0.5) is 15.8 Å². The average Bonchev–Trinajstić information content (AvgIpc) is 3.23. The van der Waals surface area contributed by atoms with Gasteiger partial charge < -0.3 is 11.1 Å². The summed E-state index contributed by atoms with van der Waals surface area (Å²) in [5.41, 5.74) is 6.20. The van der Waals surface area contributed by atoms with Crippen molar-refractivity contribution in [1.82, 2.24) is 4.90 Å². The van der Waals surface area contributed by atoms with Crippen LogP contribution in [0.5, 0.6) is 0 Å². The van der Waals surface area contributed by atoms with Gasteiger partial charge in [-0.15, -0.1) is 0 Å². The number of rotatable bonds is 6. The van der Waals surface area contributed by atoms with Gasteiger partial charge in [-0.1, -0.05) is 6.92 Å². The lowest BCUT2D eigenvalue weighted by molar-refractivity contribution is -0.121. The third-order valence-electron chi connectivity index (χ3n) is 3.62. The number of hydrogen-bond acceptors (Lipinski definition) is 3. The molecule has 4 nitrogen and oxygen atoms in total. The van der Waals surface area contributed by atoms with Crippen LogP contribution in [-0.4, -0.2) is 29.4 Å². The first-order valence-corrected chi connectivity index (χ1v) is 7.14. The minimum Gasteiger partial charge on any atom is -0.399 e. The van der Waals surface area contributed by atoms with Crippen molar-refractivity contribution in [1.29, 1.82) is 0 Å². The van der Waals surface area contributed by atoms with E-state index in [9.17, 15) is 9.18 Å². The molecule has 0 saturated heterocycles. The summed E-state index contributed by atoms with van der Waals surface area (Å²) in [6, 6.07) is 4.42. The summed E-state index contributed by atoms with van der Waals surface area (Å²) in [7, 11) is 0. The highest BCUT2D eigenvalue weighted by Gasteiger charge is 2.34. The summed E-state index contributed by atoms with van der Waals surface area (Å²) in [4.78, 5) is 14.5. The van der Waals surface area contributed by atoms with Crippen LogP contribution >= 0.6 is 0 Å². The van der Waals surface area contributed by atoms with Crippen LogP contribution in [0.15, 0.2) is 18.2 Å². The zero-order valence-electron chi connectivity index (χ0n) is 12.0. The van der Waals surface area contributed by atoms with E-state index in [0.717, 1.165) is 25.8 Å². The number of carbonyl (C=O) groups is 1. The first-order chi connectivity index (χ1) is 9.52. The summed E-state index contributed by atoms with van der Waals surface area (Å²) >= 11 is 0. The van der Waals surface area contributed by atoms with E-state index in [1.165, 1.54) is 18.2 Å². The highest BCUT2D eigenvalue weighted by atomic mass is 19.1. The molecule has 0 aliphatic heterocycles. The van der Waals surface area contributed by atoms with E-state index in [2.05, 4.69) is 17.1 Å². The third-order valence-corrected chi connectivity index (χ3v) is 3.62. The SMILES string of the molecule is CCCN(C1CC1)C(C)C(=O)Nc1cc(N)ccc1F. The van der Waals surface area contributed by atoms with E-state index >= 15 is 0 Å². The summed E-state index contributed by atoms with van der Waals surface area (Å²) in [5, 5.41) is 2.64. The van der Waals surface area contributed by atoms with Gasteiger partial charge in [0.2, 0.25) is 5.91 Å². The molecule has 0 radical (unpaired) electrons. The number of nitrogens with zero attached hydrogens (tertiary/aromatic N) is 1. The van der Waals surface area contributed by atoms with Crippen molar-refractivity contribution < 1.29 is 9.18 Å². The van der Waals surface area contributed by atoms with Gasteiger partial charge in [0.05, 0.1) is 11.7 Å². The Morgan fingerprint density at radius 3 is 2.85 bits per heavy atom. The fraction of sp³-hybridized carbons (Fsp3) is 0.533. The van der Waals surface area contributed by atoms with Crippen molar-refractivity contribution in [2.24, 2.45) is 0 Å². The lowest BCUT2D eigenvalue weighted by Crippen LogP contribution is -2.43. The lowest BCUT2D eigenvalue weighted by atomic mass is 10.2. The molecule has 2 rings (SSSR count). The van der Waals surface area contributed by atoms with Crippen LogP contribution in [0.25, 0.3) is 0 Å². The molecule has 1 aromatic carbocycles. The number of benzene rings is 1. The lowest BCUT2D eigenvalue weighted by Gasteiger charge is -2.27. The molecule has 3 N–H and O–H groups in total. The Balaban J connectivity index is 2.04. The van der Waals surface area contributed by atoms with Crippen LogP contribution < -0.4 is 11.1 Å². The predicted molar refractivity (Wildman–Crippen MR) is 78.9 cm³/mol. The molecule has 0 bridgehead atoms. The van der Waals surface area contributed by atoms with Crippen molar-refractivity contribution in [2.45, 2.75) is 45.2 Å². The fourth-order valence-electron chi connectivity index (χ4n) is 2.38. The van der Waals surface area contributed by atoms with Crippen molar-refractivity contribution in [3.63, 3.8) is 0 Å². The number of carbonyl (C=O) groups excluding carboxylic acids is 1. The number of halogens is 1. The number of hydrogen-bond donors (Lipinski definition) is 2. The first kappa shape index (κ1) is 14.8. The standard InChI is InChI=1S/C15H22FN3O/c1-3-8-19(12-5-6-12)10(2)15(20)18-14-9-11(17)4-7-13(14)16/h4,7,9-10,12H,3,5-6,8,17H2,1-2H3,(H,18,20). The molecule has 5 heteroatoms. The van der Waals surface area contributed by atoms with Gasteiger partial charge in [0, 0.05) is 11.7 Å².